The van der Waals surface area contributed by atoms with Crippen molar-refractivity contribution in [2.45, 2.75) is 6.61 Å². The van der Waals surface area contributed by atoms with Gasteiger partial charge in [0.2, 0.25) is 0 Å². The van der Waals surface area contributed by atoms with Gasteiger partial charge in [0.05, 0.1) is 20.2 Å². The van der Waals surface area contributed by atoms with E-state index in [2.05, 4.69) is 15.9 Å². The van der Waals surface area contributed by atoms with Crippen LogP contribution in [0.3, 0.4) is 0 Å². The minimum atomic E-state index is -0.321. The second-order valence-corrected chi connectivity index (χ2v) is 5.51. The molecule has 0 fully saturated rings. The molecule has 0 spiro atoms. The molecule has 0 aromatic heterocycles. The van der Waals surface area contributed by atoms with Crippen molar-refractivity contribution < 1.29 is 9.13 Å². The van der Waals surface area contributed by atoms with Crippen LogP contribution in [-0.2, 0) is 6.61 Å². The smallest absolute Gasteiger partial charge is 0.144 e. The molecule has 0 aliphatic carbocycles. The van der Waals surface area contributed by atoms with Gasteiger partial charge in [0, 0.05) is 6.07 Å². The van der Waals surface area contributed by atoms with Gasteiger partial charge in [-0.1, -0.05) is 29.3 Å². The molecular formula is C13H9BrCl2FNO. The molecule has 0 aliphatic heterocycles. The average molecular weight is 365 g/mol. The van der Waals surface area contributed by atoms with Crippen LogP contribution in [0.5, 0.6) is 5.75 Å². The van der Waals surface area contributed by atoms with Gasteiger partial charge in [0.25, 0.3) is 0 Å². The van der Waals surface area contributed by atoms with Gasteiger partial charge in [-0.05, 0) is 39.7 Å². The minimum Gasteiger partial charge on any atom is -0.487 e. The highest BCUT2D eigenvalue weighted by Crippen LogP contribution is 2.32. The van der Waals surface area contributed by atoms with Gasteiger partial charge in [-0.2, -0.15) is 0 Å². The number of anilines is 1. The summed E-state index contributed by atoms with van der Waals surface area (Å²) in [6, 6.07) is 7.72. The summed E-state index contributed by atoms with van der Waals surface area (Å²) in [5, 5.41) is 0.738. The van der Waals surface area contributed by atoms with E-state index < -0.39 is 0 Å². The summed E-state index contributed by atoms with van der Waals surface area (Å²) in [6.07, 6.45) is 0. The maximum atomic E-state index is 13.1. The van der Waals surface area contributed by atoms with Gasteiger partial charge in [-0.15, -0.1) is 0 Å². The van der Waals surface area contributed by atoms with E-state index in [9.17, 15) is 4.39 Å². The van der Waals surface area contributed by atoms with Gasteiger partial charge in [-0.3, -0.25) is 0 Å². The Morgan fingerprint density at radius 1 is 1.16 bits per heavy atom. The number of nitrogens with two attached hydrogens (primary N) is 1. The summed E-state index contributed by atoms with van der Waals surface area (Å²) in [4.78, 5) is 0. The van der Waals surface area contributed by atoms with Crippen molar-refractivity contribution in [1.29, 1.82) is 0 Å². The van der Waals surface area contributed by atoms with Crippen LogP contribution in [0.25, 0.3) is 0 Å². The van der Waals surface area contributed by atoms with Gasteiger partial charge in [0.1, 0.15) is 18.2 Å². The zero-order valence-corrected chi connectivity index (χ0v) is 12.7. The zero-order chi connectivity index (χ0) is 14.0. The third-order valence-electron chi connectivity index (χ3n) is 2.43. The molecule has 0 heterocycles. The fourth-order valence-corrected chi connectivity index (χ4v) is 2.21. The molecule has 0 amide bonds. The fraction of sp³-hybridized carbons (Fsp3) is 0.0769. The van der Waals surface area contributed by atoms with E-state index in [-0.39, 0.29) is 12.4 Å². The van der Waals surface area contributed by atoms with Crippen molar-refractivity contribution in [1.82, 2.24) is 0 Å². The molecule has 2 aromatic carbocycles. The number of rotatable bonds is 3. The first-order valence-electron chi connectivity index (χ1n) is 5.28. The molecule has 0 radical (unpaired) electrons. The maximum absolute atomic E-state index is 13.1. The van der Waals surface area contributed by atoms with Crippen LogP contribution in [0, 0.1) is 5.82 Å². The van der Waals surface area contributed by atoms with Crippen LogP contribution < -0.4 is 10.5 Å². The van der Waals surface area contributed by atoms with E-state index in [0.29, 0.717) is 26.0 Å². The number of hydrogen-bond donors (Lipinski definition) is 1. The predicted molar refractivity (Wildman–Crippen MR) is 79.3 cm³/mol. The molecule has 100 valence electrons. The highest BCUT2D eigenvalue weighted by Gasteiger charge is 2.07. The van der Waals surface area contributed by atoms with Crippen LogP contribution in [0.4, 0.5) is 10.1 Å². The first-order chi connectivity index (χ1) is 8.97. The van der Waals surface area contributed by atoms with E-state index >= 15 is 0 Å². The molecule has 0 saturated heterocycles. The minimum absolute atomic E-state index is 0.251. The van der Waals surface area contributed by atoms with Crippen molar-refractivity contribution in [3.8, 4) is 5.75 Å². The van der Waals surface area contributed by atoms with Crippen molar-refractivity contribution in [2.24, 2.45) is 0 Å². The highest BCUT2D eigenvalue weighted by molar-refractivity contribution is 9.10. The molecule has 0 saturated carbocycles. The fourth-order valence-electron chi connectivity index (χ4n) is 1.46. The first-order valence-corrected chi connectivity index (χ1v) is 6.83. The number of hydrogen-bond acceptors (Lipinski definition) is 2. The van der Waals surface area contributed by atoms with Gasteiger partial charge in [0.15, 0.2) is 0 Å². The van der Waals surface area contributed by atoms with E-state index in [0.717, 1.165) is 5.56 Å². The molecule has 2 N–H and O–H groups in total. The lowest BCUT2D eigenvalue weighted by Crippen LogP contribution is -1.99. The lowest BCUT2D eigenvalue weighted by molar-refractivity contribution is 0.307. The average Bonchev–Trinajstić information content (AvgIpc) is 2.36. The molecule has 2 rings (SSSR count). The standard InChI is InChI=1S/C13H9BrCl2FNO/c14-8-3-7(1-2-11(8)17)6-19-13-5-10(16)9(15)4-12(13)18/h1-5H,6,18H2. The summed E-state index contributed by atoms with van der Waals surface area (Å²) < 4.78 is 19.0. The molecule has 0 bridgehead atoms. The number of benzene rings is 2. The topological polar surface area (TPSA) is 35.2 Å². The molecule has 0 unspecified atom stereocenters. The molecule has 19 heavy (non-hydrogen) atoms. The SMILES string of the molecule is Nc1cc(Cl)c(Cl)cc1OCc1ccc(F)c(Br)c1. The Balaban J connectivity index is 2.14. The largest absolute Gasteiger partial charge is 0.487 e. The van der Waals surface area contributed by atoms with Crippen LogP contribution in [0.1, 0.15) is 5.56 Å². The van der Waals surface area contributed by atoms with Crippen molar-refractivity contribution in [3.63, 3.8) is 0 Å². The third-order valence-corrected chi connectivity index (χ3v) is 3.76. The zero-order valence-electron chi connectivity index (χ0n) is 9.59. The predicted octanol–water partition coefficient (Wildman–Crippen LogP) is 5.06. The number of ether oxygens (including phenoxy) is 1. The van der Waals surface area contributed by atoms with Crippen molar-refractivity contribution in [2.75, 3.05) is 5.73 Å². The molecule has 2 aromatic rings. The van der Waals surface area contributed by atoms with Crippen LogP contribution in [0.15, 0.2) is 34.8 Å². The summed E-state index contributed by atoms with van der Waals surface area (Å²) in [5.41, 5.74) is 6.97. The van der Waals surface area contributed by atoms with Gasteiger partial charge < -0.3 is 10.5 Å². The summed E-state index contributed by atoms with van der Waals surface area (Å²) in [5.74, 6) is 0.118. The monoisotopic (exact) mass is 363 g/mol. The van der Waals surface area contributed by atoms with E-state index in [1.165, 1.54) is 12.1 Å². The quantitative estimate of drug-likeness (QED) is 0.773. The number of halogens is 4. The second-order valence-electron chi connectivity index (χ2n) is 3.84. The summed E-state index contributed by atoms with van der Waals surface area (Å²) in [6.45, 7) is 0.251. The first kappa shape index (κ1) is 14.4. The Hall–Kier alpha value is -0.970. The van der Waals surface area contributed by atoms with E-state index in [1.54, 1.807) is 18.2 Å². The van der Waals surface area contributed by atoms with E-state index in [1.807, 2.05) is 0 Å². The second kappa shape index (κ2) is 5.99. The van der Waals surface area contributed by atoms with Crippen LogP contribution in [0.2, 0.25) is 10.0 Å². The molecule has 2 nitrogen and oxygen atoms in total. The Labute approximate surface area is 128 Å². The molecule has 0 aliphatic rings. The Bertz CT molecular complexity index is 622. The van der Waals surface area contributed by atoms with Crippen molar-refractivity contribution in [3.05, 3.63) is 56.2 Å². The molecule has 6 heteroatoms. The van der Waals surface area contributed by atoms with E-state index in [4.69, 9.17) is 33.7 Å². The van der Waals surface area contributed by atoms with Crippen molar-refractivity contribution >= 4 is 44.8 Å². The normalized spacial score (nSPS) is 10.5. The summed E-state index contributed by atoms with van der Waals surface area (Å²) in [7, 11) is 0. The lowest BCUT2D eigenvalue weighted by Gasteiger charge is -2.10. The Morgan fingerprint density at radius 2 is 1.84 bits per heavy atom. The number of nitrogen functional groups attached to an aromatic ring is 1. The summed E-state index contributed by atoms with van der Waals surface area (Å²) >= 11 is 14.8. The molecular weight excluding hydrogens is 356 g/mol. The van der Waals surface area contributed by atoms with Gasteiger partial charge >= 0.3 is 0 Å². The van der Waals surface area contributed by atoms with Gasteiger partial charge in [-0.25, -0.2) is 4.39 Å². The third kappa shape index (κ3) is 3.53. The maximum Gasteiger partial charge on any atom is 0.144 e. The highest BCUT2D eigenvalue weighted by atomic mass is 79.9. The lowest BCUT2D eigenvalue weighted by atomic mass is 10.2. The van der Waals surface area contributed by atoms with Crippen LogP contribution in [-0.4, -0.2) is 0 Å². The Morgan fingerprint density at radius 3 is 2.53 bits per heavy atom. The van der Waals surface area contributed by atoms with Crippen LogP contribution >= 0.6 is 39.1 Å². The Kier molecular flexibility index (Phi) is 4.55. The molecule has 0 atom stereocenters.